The highest BCUT2D eigenvalue weighted by atomic mass is 16.4. The molecule has 0 aliphatic heterocycles. The standard InChI is InChI=1S/C18H28O8/c1-3-4-5-6-7-8-13(17(23)24)15(18(25)26)11(2)9-12(16(21)22)10-14(19)20/h4-5,11-13,15H,3,6-10H2,1-2H3,(H,19,20)(H,21,22)(H,23,24)(H,25,26). The van der Waals surface area contributed by atoms with Crippen LogP contribution in [-0.4, -0.2) is 44.3 Å². The fourth-order valence-electron chi connectivity index (χ4n) is 3.09. The topological polar surface area (TPSA) is 149 Å². The maximum absolute atomic E-state index is 11.7. The van der Waals surface area contributed by atoms with Crippen molar-refractivity contribution in [2.75, 3.05) is 0 Å². The van der Waals surface area contributed by atoms with Crippen LogP contribution in [0.2, 0.25) is 0 Å². The van der Waals surface area contributed by atoms with E-state index in [-0.39, 0.29) is 12.8 Å². The lowest BCUT2D eigenvalue weighted by atomic mass is 9.75. The summed E-state index contributed by atoms with van der Waals surface area (Å²) in [6, 6.07) is 0. The number of unbranched alkanes of at least 4 members (excludes halogenated alkanes) is 1. The van der Waals surface area contributed by atoms with Gasteiger partial charge in [-0.2, -0.15) is 0 Å². The Hall–Kier alpha value is -2.38. The van der Waals surface area contributed by atoms with E-state index in [4.69, 9.17) is 10.2 Å². The molecule has 0 aromatic heterocycles. The molecule has 4 N–H and O–H groups in total. The second-order valence-electron chi connectivity index (χ2n) is 6.47. The van der Waals surface area contributed by atoms with Crippen LogP contribution in [-0.2, 0) is 19.2 Å². The van der Waals surface area contributed by atoms with E-state index in [9.17, 15) is 29.4 Å². The van der Waals surface area contributed by atoms with Crippen molar-refractivity contribution in [2.45, 2.75) is 52.4 Å². The second-order valence-corrected chi connectivity index (χ2v) is 6.47. The summed E-state index contributed by atoms with van der Waals surface area (Å²) in [5, 5.41) is 36.9. The SMILES string of the molecule is CCC=CCCCC(C(=O)O)C(C(=O)O)C(C)CC(CC(=O)O)C(=O)O. The van der Waals surface area contributed by atoms with Crippen LogP contribution < -0.4 is 0 Å². The van der Waals surface area contributed by atoms with Crippen LogP contribution in [0.4, 0.5) is 0 Å². The molecule has 0 aliphatic rings. The lowest BCUT2D eigenvalue weighted by Crippen LogP contribution is -2.36. The van der Waals surface area contributed by atoms with Crippen molar-refractivity contribution in [3.63, 3.8) is 0 Å². The third-order valence-electron chi connectivity index (χ3n) is 4.36. The van der Waals surface area contributed by atoms with Crippen LogP contribution in [0, 0.1) is 23.7 Å². The van der Waals surface area contributed by atoms with Crippen molar-refractivity contribution in [1.82, 2.24) is 0 Å². The van der Waals surface area contributed by atoms with Crippen LogP contribution in [0.3, 0.4) is 0 Å². The minimum atomic E-state index is -1.33. The van der Waals surface area contributed by atoms with Crippen LogP contribution >= 0.6 is 0 Å². The van der Waals surface area contributed by atoms with Crippen molar-refractivity contribution in [3.05, 3.63) is 12.2 Å². The van der Waals surface area contributed by atoms with E-state index in [0.717, 1.165) is 6.42 Å². The predicted molar refractivity (Wildman–Crippen MR) is 92.7 cm³/mol. The van der Waals surface area contributed by atoms with E-state index < -0.39 is 54.0 Å². The molecule has 8 nitrogen and oxygen atoms in total. The number of hydrogen-bond acceptors (Lipinski definition) is 4. The maximum atomic E-state index is 11.7. The molecule has 0 amide bonds. The lowest BCUT2D eigenvalue weighted by Gasteiger charge is -2.27. The quantitative estimate of drug-likeness (QED) is 0.268. The summed E-state index contributed by atoms with van der Waals surface area (Å²) >= 11 is 0. The zero-order chi connectivity index (χ0) is 20.3. The summed E-state index contributed by atoms with van der Waals surface area (Å²) in [5.41, 5.74) is 0. The molecule has 4 unspecified atom stereocenters. The highest BCUT2D eigenvalue weighted by Crippen LogP contribution is 2.31. The van der Waals surface area contributed by atoms with E-state index in [2.05, 4.69) is 0 Å². The van der Waals surface area contributed by atoms with Gasteiger partial charge < -0.3 is 20.4 Å². The molecule has 0 heterocycles. The molecular formula is C18H28O8. The third-order valence-corrected chi connectivity index (χ3v) is 4.36. The Labute approximate surface area is 152 Å². The van der Waals surface area contributed by atoms with Gasteiger partial charge in [0.25, 0.3) is 0 Å². The molecule has 0 saturated carbocycles. The number of allylic oxidation sites excluding steroid dienone is 2. The predicted octanol–water partition coefficient (Wildman–Crippen LogP) is 2.73. The van der Waals surface area contributed by atoms with Crippen molar-refractivity contribution >= 4 is 23.9 Å². The van der Waals surface area contributed by atoms with Gasteiger partial charge in [0.15, 0.2) is 0 Å². The molecule has 0 rings (SSSR count). The first kappa shape index (κ1) is 23.6. The number of hydrogen-bond donors (Lipinski definition) is 4. The van der Waals surface area contributed by atoms with E-state index in [1.54, 1.807) is 0 Å². The minimum absolute atomic E-state index is 0.154. The molecule has 0 bridgehead atoms. The first-order valence-electron chi connectivity index (χ1n) is 8.66. The van der Waals surface area contributed by atoms with Gasteiger partial charge in [0.1, 0.15) is 0 Å². The molecule has 0 saturated heterocycles. The maximum Gasteiger partial charge on any atom is 0.307 e. The molecule has 4 atom stereocenters. The van der Waals surface area contributed by atoms with Gasteiger partial charge in [-0.05, 0) is 38.0 Å². The number of carboxylic acids is 4. The number of carboxylic acid groups (broad SMARTS) is 4. The molecule has 0 radical (unpaired) electrons. The highest BCUT2D eigenvalue weighted by Gasteiger charge is 2.39. The summed E-state index contributed by atoms with van der Waals surface area (Å²) < 4.78 is 0. The zero-order valence-corrected chi connectivity index (χ0v) is 15.1. The van der Waals surface area contributed by atoms with E-state index in [1.807, 2.05) is 19.1 Å². The van der Waals surface area contributed by atoms with Gasteiger partial charge in [-0.1, -0.05) is 26.0 Å². The monoisotopic (exact) mass is 372 g/mol. The molecule has 0 aliphatic carbocycles. The fraction of sp³-hybridized carbons (Fsp3) is 0.667. The second kappa shape index (κ2) is 12.1. The van der Waals surface area contributed by atoms with E-state index in [1.165, 1.54) is 6.92 Å². The van der Waals surface area contributed by atoms with Gasteiger partial charge >= 0.3 is 23.9 Å². The van der Waals surface area contributed by atoms with Crippen molar-refractivity contribution in [2.24, 2.45) is 23.7 Å². The van der Waals surface area contributed by atoms with Crippen LogP contribution in [0.1, 0.15) is 52.4 Å². The molecule has 0 aromatic carbocycles. The average Bonchev–Trinajstić information content (AvgIpc) is 2.51. The summed E-state index contributed by atoms with van der Waals surface area (Å²) in [4.78, 5) is 45.2. The Bertz CT molecular complexity index is 525. The average molecular weight is 372 g/mol. The van der Waals surface area contributed by atoms with Gasteiger partial charge in [-0.3, -0.25) is 19.2 Å². The van der Waals surface area contributed by atoms with E-state index in [0.29, 0.717) is 12.8 Å². The Morgan fingerprint density at radius 2 is 1.54 bits per heavy atom. The van der Waals surface area contributed by atoms with Crippen LogP contribution in [0.15, 0.2) is 12.2 Å². The lowest BCUT2D eigenvalue weighted by molar-refractivity contribution is -0.157. The smallest absolute Gasteiger partial charge is 0.307 e. The normalized spacial score (nSPS) is 15.9. The molecule has 0 aromatic rings. The molecule has 8 heteroatoms. The summed E-state index contributed by atoms with van der Waals surface area (Å²) in [7, 11) is 0. The number of aliphatic carboxylic acids is 4. The van der Waals surface area contributed by atoms with Gasteiger partial charge in [-0.25, -0.2) is 0 Å². The molecule has 148 valence electrons. The summed E-state index contributed by atoms with van der Waals surface area (Å²) in [5.74, 6) is -9.67. The molecule has 26 heavy (non-hydrogen) atoms. The fourth-order valence-corrected chi connectivity index (χ4v) is 3.09. The number of rotatable bonds is 14. The largest absolute Gasteiger partial charge is 0.481 e. The first-order valence-corrected chi connectivity index (χ1v) is 8.66. The highest BCUT2D eigenvalue weighted by molar-refractivity contribution is 5.81. The van der Waals surface area contributed by atoms with Gasteiger partial charge in [0.2, 0.25) is 0 Å². The number of carbonyl (C=O) groups is 4. The summed E-state index contributed by atoms with van der Waals surface area (Å²) in [6.07, 6.45) is 5.15. The van der Waals surface area contributed by atoms with Crippen molar-refractivity contribution in [1.29, 1.82) is 0 Å². The Morgan fingerprint density at radius 1 is 0.923 bits per heavy atom. The third kappa shape index (κ3) is 8.64. The molecular weight excluding hydrogens is 344 g/mol. The molecule has 0 spiro atoms. The Balaban J connectivity index is 5.19. The van der Waals surface area contributed by atoms with Crippen molar-refractivity contribution in [3.8, 4) is 0 Å². The zero-order valence-electron chi connectivity index (χ0n) is 15.1. The Kier molecular flexibility index (Phi) is 10.9. The first-order chi connectivity index (χ1) is 12.1. The van der Waals surface area contributed by atoms with Gasteiger partial charge in [-0.15, -0.1) is 0 Å². The Morgan fingerprint density at radius 3 is 1.96 bits per heavy atom. The van der Waals surface area contributed by atoms with Crippen molar-refractivity contribution < 1.29 is 39.6 Å². The van der Waals surface area contributed by atoms with Gasteiger partial charge in [0.05, 0.1) is 24.2 Å². The van der Waals surface area contributed by atoms with Crippen LogP contribution in [0.25, 0.3) is 0 Å². The van der Waals surface area contributed by atoms with E-state index >= 15 is 0 Å². The summed E-state index contributed by atoms with van der Waals surface area (Å²) in [6.45, 7) is 3.43. The van der Waals surface area contributed by atoms with Crippen LogP contribution in [0.5, 0.6) is 0 Å². The molecule has 0 fully saturated rings. The van der Waals surface area contributed by atoms with Gasteiger partial charge in [0, 0.05) is 0 Å². The minimum Gasteiger partial charge on any atom is -0.481 e.